The molecule has 0 radical (unpaired) electrons. The number of carbonyl (C=O) groups excluding carboxylic acids is 8. The quantitative estimate of drug-likeness (QED) is 0.0194. The fraction of sp³-hybridized carbons (Fsp3) is 0.456. The van der Waals surface area contributed by atoms with Gasteiger partial charge in [0.15, 0.2) is 12.4 Å². The minimum absolute atomic E-state index is 0.0183. The van der Waals surface area contributed by atoms with Crippen LogP contribution in [0.2, 0.25) is 0 Å². The molecule has 5 rings (SSSR count). The third-order valence-electron chi connectivity index (χ3n) is 13.1. The summed E-state index contributed by atoms with van der Waals surface area (Å²) in [5, 5.41) is 8.08. The highest BCUT2D eigenvalue weighted by Gasteiger charge is 2.39. The van der Waals surface area contributed by atoms with Gasteiger partial charge in [-0.05, 0) is 84.9 Å². The van der Waals surface area contributed by atoms with Crippen molar-refractivity contribution in [1.29, 1.82) is 0 Å². The molecule has 7 amide bonds. The number of alkyl halides is 1. The van der Waals surface area contributed by atoms with Crippen molar-refractivity contribution in [2.24, 2.45) is 28.7 Å². The summed E-state index contributed by atoms with van der Waals surface area (Å²) in [6.45, 7) is 7.64. The predicted octanol–water partition coefficient (Wildman–Crippen LogP) is 7.42. The number of carbonyl (C=O) groups is 8. The first kappa shape index (κ1) is 62.0. The van der Waals surface area contributed by atoms with Crippen LogP contribution in [0.5, 0.6) is 0 Å². The molecule has 0 saturated carbocycles. The zero-order chi connectivity index (χ0) is 57.8. The van der Waals surface area contributed by atoms with Gasteiger partial charge in [0.25, 0.3) is 17.7 Å². The number of nitrogens with zero attached hydrogens (tertiary/aromatic N) is 4. The largest absolute Gasteiger partial charge is 0.509 e. The Kier molecular flexibility index (Phi) is 23.3. The van der Waals surface area contributed by atoms with Crippen molar-refractivity contribution in [3.63, 3.8) is 0 Å². The lowest BCUT2D eigenvalue weighted by Gasteiger charge is -2.40. The summed E-state index contributed by atoms with van der Waals surface area (Å²) in [4.78, 5) is 110. The Hall–Kier alpha value is -7.88. The van der Waals surface area contributed by atoms with Crippen LogP contribution in [0.3, 0.4) is 0 Å². The van der Waals surface area contributed by atoms with Gasteiger partial charge in [-0.3, -0.25) is 33.7 Å². The number of primary amides is 1. The molecule has 79 heavy (non-hydrogen) atoms. The van der Waals surface area contributed by atoms with Crippen LogP contribution in [-0.4, -0.2) is 112 Å². The molecule has 2 heterocycles. The molecule has 0 bridgehead atoms. The molecule has 1 aromatic heterocycles. The van der Waals surface area contributed by atoms with E-state index in [1.165, 1.54) is 17.1 Å². The first-order valence-corrected chi connectivity index (χ1v) is 26.3. The maximum absolute atomic E-state index is 15.2. The monoisotopic (exact) mass is 1100 g/mol. The van der Waals surface area contributed by atoms with Crippen molar-refractivity contribution in [2.45, 2.75) is 117 Å². The fourth-order valence-corrected chi connectivity index (χ4v) is 8.97. The highest BCUT2D eigenvalue weighted by molar-refractivity contribution is 6.12. The Morgan fingerprint density at radius 1 is 0.848 bits per heavy atom. The number of hydrogen-bond acceptors (Lipinski definition) is 12. The van der Waals surface area contributed by atoms with Crippen LogP contribution in [0, 0.1) is 28.9 Å². The molecule has 4 aromatic rings. The van der Waals surface area contributed by atoms with Gasteiger partial charge in [0, 0.05) is 80.6 Å². The molecule has 4 atom stereocenters. The predicted molar refractivity (Wildman–Crippen MR) is 288 cm³/mol. The maximum Gasteiger partial charge on any atom is 0.509 e. The summed E-state index contributed by atoms with van der Waals surface area (Å²) in [6.07, 6.45) is 4.73. The fourth-order valence-electron chi connectivity index (χ4n) is 8.97. The Balaban J connectivity index is 1.21. The number of halogens is 3. The highest BCUT2D eigenvalue weighted by Crippen LogP contribution is 2.40. The van der Waals surface area contributed by atoms with Crippen molar-refractivity contribution in [3.8, 4) is 11.3 Å². The summed E-state index contributed by atoms with van der Waals surface area (Å²) < 4.78 is 55.9. The van der Waals surface area contributed by atoms with E-state index in [1.54, 1.807) is 48.9 Å². The van der Waals surface area contributed by atoms with Crippen LogP contribution in [0.15, 0.2) is 91.1 Å². The molecular formula is C57H72F3N9O10. The highest BCUT2D eigenvalue weighted by atomic mass is 19.1. The Labute approximate surface area is 458 Å². The number of amides is 7. The van der Waals surface area contributed by atoms with Gasteiger partial charge in [0.2, 0.25) is 11.8 Å². The number of imidazole rings is 1. The second-order valence-corrected chi connectivity index (χ2v) is 20.9. The van der Waals surface area contributed by atoms with Gasteiger partial charge >= 0.3 is 12.2 Å². The van der Waals surface area contributed by atoms with Crippen LogP contribution in [0.25, 0.3) is 11.3 Å². The number of Topliss-reactive ketones (excluding diaryl/α,β-unsaturated/α-hetero) is 1. The standard InChI is InChI=1S/C57H72F3N9O10/c1-36(2)51(66-47(71)16-10-7-11-27-68-48(72)23-24-49(68)73)46(70)29-39(15-12-26-63-55(62)76)54(75)64-42-20-17-38(18-21-42)34-78-56(77)79-35-50(74)69(28-25-41(61)31-58)52(57(3,4)5)53-65-45(43-30-40(59)19-22-44(43)60)33-67(53)32-37-13-8-6-9-14-37/h6,8-9,13-14,17-24,30,33,36,39,41,51-52H,7,10-12,15-16,25-29,31-32,34-35,61H2,1-5H3,(H,64,75)(H,66,71)(H3,62,63,76)/t39-,41+,51+,52+/m1/s1. The van der Waals surface area contributed by atoms with Gasteiger partial charge < -0.3 is 46.4 Å². The van der Waals surface area contributed by atoms with E-state index in [0.29, 0.717) is 42.8 Å². The van der Waals surface area contributed by atoms with Crippen LogP contribution < -0.4 is 27.4 Å². The van der Waals surface area contributed by atoms with Crippen molar-refractivity contribution in [3.05, 3.63) is 120 Å². The van der Waals surface area contributed by atoms with E-state index in [0.717, 1.165) is 28.7 Å². The molecule has 19 nitrogen and oxygen atoms in total. The molecule has 0 spiro atoms. The van der Waals surface area contributed by atoms with Crippen LogP contribution in [0.4, 0.5) is 28.4 Å². The Bertz CT molecular complexity index is 2770. The summed E-state index contributed by atoms with van der Waals surface area (Å²) in [5.74, 6) is -4.95. The third-order valence-corrected chi connectivity index (χ3v) is 13.1. The van der Waals surface area contributed by atoms with E-state index >= 15 is 4.39 Å². The zero-order valence-corrected chi connectivity index (χ0v) is 45.3. The maximum atomic E-state index is 15.2. The van der Waals surface area contributed by atoms with Crippen LogP contribution >= 0.6 is 0 Å². The number of urea groups is 1. The van der Waals surface area contributed by atoms with Gasteiger partial charge in [-0.2, -0.15) is 0 Å². The van der Waals surface area contributed by atoms with Gasteiger partial charge in [0.05, 0.1) is 17.8 Å². The number of hydrogen-bond donors (Lipinski definition) is 5. The van der Waals surface area contributed by atoms with E-state index in [4.69, 9.17) is 25.9 Å². The average Bonchev–Trinajstić information content (AvgIpc) is 4.15. The number of imide groups is 1. The van der Waals surface area contributed by atoms with Gasteiger partial charge in [-0.25, -0.2) is 27.7 Å². The molecule has 3 aromatic carbocycles. The normalized spacial score (nSPS) is 13.9. The van der Waals surface area contributed by atoms with Crippen molar-refractivity contribution in [2.75, 3.05) is 38.2 Å². The van der Waals surface area contributed by atoms with Crippen molar-refractivity contribution >= 4 is 53.2 Å². The van der Waals surface area contributed by atoms with Crippen LogP contribution in [-0.2, 0) is 51.4 Å². The van der Waals surface area contributed by atoms with E-state index in [2.05, 4.69) is 16.0 Å². The Morgan fingerprint density at radius 3 is 2.19 bits per heavy atom. The number of ketones is 1. The first-order valence-electron chi connectivity index (χ1n) is 26.3. The molecular weight excluding hydrogens is 1030 g/mol. The number of rotatable bonds is 30. The van der Waals surface area contributed by atoms with E-state index in [1.807, 2.05) is 51.1 Å². The molecule has 22 heteroatoms. The summed E-state index contributed by atoms with van der Waals surface area (Å²) in [6, 6.07) is 15.1. The molecule has 0 saturated heterocycles. The molecule has 0 aliphatic carbocycles. The number of aromatic nitrogens is 2. The van der Waals surface area contributed by atoms with Gasteiger partial charge in [0.1, 0.15) is 30.7 Å². The number of nitrogens with two attached hydrogens (primary N) is 2. The van der Waals surface area contributed by atoms with E-state index in [9.17, 15) is 47.1 Å². The number of nitrogens with one attached hydrogen (secondary N) is 3. The topological polar surface area (TPSA) is 267 Å². The summed E-state index contributed by atoms with van der Waals surface area (Å²) in [5.41, 5.74) is 12.1. The third kappa shape index (κ3) is 19.2. The number of ether oxygens (including phenoxy) is 2. The lowest BCUT2D eigenvalue weighted by molar-refractivity contribution is -0.141. The van der Waals surface area contributed by atoms with Gasteiger partial charge in [-0.15, -0.1) is 0 Å². The minimum atomic E-state index is -1.19. The minimum Gasteiger partial charge on any atom is -0.429 e. The summed E-state index contributed by atoms with van der Waals surface area (Å²) in [7, 11) is 0. The first-order chi connectivity index (χ1) is 37.5. The molecule has 7 N–H and O–H groups in total. The van der Waals surface area contributed by atoms with Crippen LogP contribution in [0.1, 0.15) is 109 Å². The second-order valence-electron chi connectivity index (χ2n) is 20.9. The average molecular weight is 1100 g/mol. The van der Waals surface area contributed by atoms with E-state index in [-0.39, 0.29) is 99.1 Å². The number of benzene rings is 3. The molecule has 426 valence electrons. The van der Waals surface area contributed by atoms with Crippen molar-refractivity contribution in [1.82, 2.24) is 30.0 Å². The lowest BCUT2D eigenvalue weighted by Crippen LogP contribution is -2.46. The SMILES string of the molecule is CC(C)[C@H](NC(=O)CCCCCN1C(=O)C=CC1=O)C(=O)C[C@@H](CCCNC(N)=O)C(=O)Nc1ccc(COC(=O)OCC(=O)N(CC[C@H](N)CF)[C@@H](c2nc(-c3cc(F)ccc3F)cn2Cc2ccccc2)C(C)(C)C)cc1. The molecule has 1 aliphatic rings. The van der Waals surface area contributed by atoms with Crippen molar-refractivity contribution < 1.29 is 61.0 Å². The lowest BCUT2D eigenvalue weighted by atomic mass is 9.84. The summed E-state index contributed by atoms with van der Waals surface area (Å²) >= 11 is 0. The van der Waals surface area contributed by atoms with Gasteiger partial charge in [-0.1, -0.05) is 83.5 Å². The molecule has 0 unspecified atom stereocenters. The smallest absolute Gasteiger partial charge is 0.429 e. The molecule has 1 aliphatic heterocycles. The second kappa shape index (κ2) is 29.7. The zero-order valence-electron chi connectivity index (χ0n) is 45.3. The Morgan fingerprint density at radius 2 is 1.54 bits per heavy atom. The van der Waals surface area contributed by atoms with E-state index < -0.39 is 78.4 Å². The number of unbranched alkanes of at least 4 members (excludes halogenated alkanes) is 2. The molecule has 0 fully saturated rings. The number of anilines is 1.